The van der Waals surface area contributed by atoms with Gasteiger partial charge in [-0.2, -0.15) is 0 Å². The highest BCUT2D eigenvalue weighted by Gasteiger charge is 2.26. The number of ether oxygens (including phenoxy) is 1. The summed E-state index contributed by atoms with van der Waals surface area (Å²) in [7, 11) is 0. The van der Waals surface area contributed by atoms with E-state index in [0.717, 1.165) is 25.2 Å². The molecule has 0 N–H and O–H groups in total. The van der Waals surface area contributed by atoms with Crippen LogP contribution in [0.4, 0.5) is 0 Å². The quantitative estimate of drug-likeness (QED) is 0.846. The van der Waals surface area contributed by atoms with E-state index >= 15 is 0 Å². The van der Waals surface area contributed by atoms with Gasteiger partial charge in [-0.1, -0.05) is 18.2 Å². The molecule has 0 amide bonds. The Morgan fingerprint density at radius 2 is 2.21 bits per heavy atom. The molecule has 0 aliphatic carbocycles. The topological polar surface area (TPSA) is 22.1 Å². The number of aryl methyl sites for hydroxylation is 2. The summed E-state index contributed by atoms with van der Waals surface area (Å²) in [5.41, 5.74) is 5.02. The van der Waals surface area contributed by atoms with Crippen LogP contribution in [0.2, 0.25) is 0 Å². The van der Waals surface area contributed by atoms with Crippen molar-refractivity contribution in [1.82, 2.24) is 4.98 Å². The van der Waals surface area contributed by atoms with Crippen LogP contribution in [0, 0.1) is 13.8 Å². The Morgan fingerprint density at radius 1 is 1.37 bits per heavy atom. The van der Waals surface area contributed by atoms with Crippen LogP contribution in [0.1, 0.15) is 23.7 Å². The van der Waals surface area contributed by atoms with Gasteiger partial charge in [-0.05, 0) is 38.3 Å². The van der Waals surface area contributed by atoms with Crippen LogP contribution in [0.5, 0.6) is 0 Å². The molecule has 100 valence electrons. The van der Waals surface area contributed by atoms with Gasteiger partial charge in [0.25, 0.3) is 0 Å². The lowest BCUT2D eigenvalue weighted by atomic mass is 10.0. The van der Waals surface area contributed by atoms with Crippen molar-refractivity contribution in [3.05, 3.63) is 35.0 Å². The predicted octanol–water partition coefficient (Wildman–Crippen LogP) is 3.90. The summed E-state index contributed by atoms with van der Waals surface area (Å²) in [6, 6.07) is 6.47. The number of pyridine rings is 1. The number of rotatable bonds is 3. The SMILES string of the molecule is CCOCC1Cc2c(C)nc3c(C)cccc3c2S1. The van der Waals surface area contributed by atoms with E-state index in [1.54, 1.807) is 0 Å². The largest absolute Gasteiger partial charge is 0.381 e. The maximum atomic E-state index is 5.58. The molecule has 19 heavy (non-hydrogen) atoms. The first kappa shape index (κ1) is 12.9. The summed E-state index contributed by atoms with van der Waals surface area (Å²) in [4.78, 5) is 6.23. The van der Waals surface area contributed by atoms with Crippen LogP contribution in [0.25, 0.3) is 10.9 Å². The zero-order chi connectivity index (χ0) is 13.4. The smallest absolute Gasteiger partial charge is 0.0745 e. The van der Waals surface area contributed by atoms with Crippen molar-refractivity contribution in [2.45, 2.75) is 37.3 Å². The van der Waals surface area contributed by atoms with Crippen LogP contribution in [0.3, 0.4) is 0 Å². The van der Waals surface area contributed by atoms with E-state index in [4.69, 9.17) is 9.72 Å². The first-order valence-electron chi connectivity index (χ1n) is 6.84. The Morgan fingerprint density at radius 3 is 3.00 bits per heavy atom. The third-order valence-corrected chi connectivity index (χ3v) is 5.03. The molecule has 0 saturated carbocycles. The molecule has 2 nitrogen and oxygen atoms in total. The molecule has 2 heterocycles. The molecule has 0 bridgehead atoms. The summed E-state index contributed by atoms with van der Waals surface area (Å²) in [6.45, 7) is 7.96. The van der Waals surface area contributed by atoms with Gasteiger partial charge in [-0.3, -0.25) is 4.98 Å². The lowest BCUT2D eigenvalue weighted by Gasteiger charge is -2.09. The van der Waals surface area contributed by atoms with E-state index in [-0.39, 0.29) is 0 Å². The minimum atomic E-state index is 0.543. The van der Waals surface area contributed by atoms with Gasteiger partial charge in [0.1, 0.15) is 0 Å². The number of thioether (sulfide) groups is 1. The van der Waals surface area contributed by atoms with E-state index < -0.39 is 0 Å². The van der Waals surface area contributed by atoms with Gasteiger partial charge in [0.05, 0.1) is 12.1 Å². The normalized spacial score (nSPS) is 17.9. The number of benzene rings is 1. The molecule has 1 atom stereocenters. The van der Waals surface area contributed by atoms with E-state index in [1.807, 2.05) is 11.8 Å². The molecule has 0 radical (unpaired) electrons. The second-order valence-electron chi connectivity index (χ2n) is 5.08. The fourth-order valence-corrected chi connectivity index (χ4v) is 4.12. The monoisotopic (exact) mass is 273 g/mol. The maximum absolute atomic E-state index is 5.58. The fourth-order valence-electron chi connectivity index (χ4n) is 2.71. The van der Waals surface area contributed by atoms with E-state index in [2.05, 4.69) is 39.0 Å². The zero-order valence-corrected chi connectivity index (χ0v) is 12.5. The highest BCUT2D eigenvalue weighted by atomic mass is 32.2. The van der Waals surface area contributed by atoms with Crippen LogP contribution in [0.15, 0.2) is 23.1 Å². The molecule has 1 aromatic carbocycles. The van der Waals surface area contributed by atoms with Gasteiger partial charge in [-0.15, -0.1) is 11.8 Å². The highest BCUT2D eigenvalue weighted by Crippen LogP contribution is 2.43. The Balaban J connectivity index is 2.06. The predicted molar refractivity (Wildman–Crippen MR) is 81.1 cm³/mol. The van der Waals surface area contributed by atoms with Crippen molar-refractivity contribution >= 4 is 22.7 Å². The van der Waals surface area contributed by atoms with Crippen LogP contribution >= 0.6 is 11.8 Å². The number of hydrogen-bond acceptors (Lipinski definition) is 3. The van der Waals surface area contributed by atoms with Crippen molar-refractivity contribution < 1.29 is 4.74 Å². The Labute approximate surface area is 118 Å². The number of fused-ring (bicyclic) bond motifs is 3. The molecule has 0 spiro atoms. The molecular formula is C16H19NOS. The van der Waals surface area contributed by atoms with Crippen molar-refractivity contribution in [2.75, 3.05) is 13.2 Å². The van der Waals surface area contributed by atoms with Crippen molar-refractivity contribution in [3.63, 3.8) is 0 Å². The summed E-state index contributed by atoms with van der Waals surface area (Å²) in [6.07, 6.45) is 1.09. The average Bonchev–Trinajstić information content (AvgIpc) is 2.83. The molecule has 1 aromatic heterocycles. The first-order valence-corrected chi connectivity index (χ1v) is 7.72. The Kier molecular flexibility index (Phi) is 3.50. The number of para-hydroxylation sites is 1. The molecule has 0 saturated heterocycles. The van der Waals surface area contributed by atoms with Gasteiger partial charge in [0, 0.05) is 27.8 Å². The van der Waals surface area contributed by atoms with E-state index in [0.29, 0.717) is 5.25 Å². The van der Waals surface area contributed by atoms with Gasteiger partial charge < -0.3 is 4.74 Å². The third-order valence-electron chi connectivity index (χ3n) is 3.70. The Bertz CT molecular complexity index is 624. The van der Waals surface area contributed by atoms with Crippen LogP contribution in [-0.2, 0) is 11.2 Å². The number of aromatic nitrogens is 1. The molecule has 0 fully saturated rings. The number of hydrogen-bond donors (Lipinski definition) is 0. The maximum Gasteiger partial charge on any atom is 0.0745 e. The standard InChI is InChI=1S/C16H19NOS/c1-4-18-9-12-8-14-11(3)17-15-10(2)6-5-7-13(15)16(14)19-12/h5-7,12H,4,8-9H2,1-3H3. The average molecular weight is 273 g/mol. The van der Waals surface area contributed by atoms with Crippen LogP contribution in [-0.4, -0.2) is 23.4 Å². The van der Waals surface area contributed by atoms with Crippen molar-refractivity contribution in [3.8, 4) is 0 Å². The lowest BCUT2D eigenvalue weighted by molar-refractivity contribution is 0.149. The third kappa shape index (κ3) is 2.26. The second-order valence-corrected chi connectivity index (χ2v) is 6.39. The van der Waals surface area contributed by atoms with Gasteiger partial charge in [0.2, 0.25) is 0 Å². The summed E-state index contributed by atoms with van der Waals surface area (Å²) in [5.74, 6) is 0. The van der Waals surface area contributed by atoms with Gasteiger partial charge in [-0.25, -0.2) is 0 Å². The lowest BCUT2D eigenvalue weighted by Crippen LogP contribution is -2.11. The zero-order valence-electron chi connectivity index (χ0n) is 11.7. The first-order chi connectivity index (χ1) is 9.20. The summed E-state index contributed by atoms with van der Waals surface area (Å²) >= 11 is 1.96. The van der Waals surface area contributed by atoms with Crippen LogP contribution < -0.4 is 0 Å². The van der Waals surface area contributed by atoms with Gasteiger partial charge >= 0.3 is 0 Å². The molecule has 2 aromatic rings. The van der Waals surface area contributed by atoms with E-state index in [1.165, 1.54) is 27.1 Å². The number of nitrogens with zero attached hydrogens (tertiary/aromatic N) is 1. The fraction of sp³-hybridized carbons (Fsp3) is 0.438. The minimum absolute atomic E-state index is 0.543. The molecule has 3 heteroatoms. The highest BCUT2D eigenvalue weighted by molar-refractivity contribution is 8.00. The molecular weight excluding hydrogens is 254 g/mol. The molecule has 1 aliphatic rings. The van der Waals surface area contributed by atoms with Gasteiger partial charge in [0.15, 0.2) is 0 Å². The molecule has 1 unspecified atom stereocenters. The Hall–Kier alpha value is -1.06. The minimum Gasteiger partial charge on any atom is -0.381 e. The molecule has 1 aliphatic heterocycles. The molecule has 3 rings (SSSR count). The summed E-state index contributed by atoms with van der Waals surface area (Å²) in [5, 5.41) is 1.85. The summed E-state index contributed by atoms with van der Waals surface area (Å²) < 4.78 is 5.58. The van der Waals surface area contributed by atoms with Crippen molar-refractivity contribution in [2.24, 2.45) is 0 Å². The van der Waals surface area contributed by atoms with E-state index in [9.17, 15) is 0 Å². The second kappa shape index (κ2) is 5.14. The van der Waals surface area contributed by atoms with Crippen molar-refractivity contribution in [1.29, 1.82) is 0 Å².